The number of alkyl carbamates (subject to hydrolysis) is 1. The maximum absolute atomic E-state index is 11.1. The van der Waals surface area contributed by atoms with Crippen molar-refractivity contribution in [2.75, 3.05) is 6.61 Å². The van der Waals surface area contributed by atoms with E-state index in [0.717, 1.165) is 0 Å². The van der Waals surface area contributed by atoms with Crippen molar-refractivity contribution in [2.45, 2.75) is 25.3 Å². The van der Waals surface area contributed by atoms with E-state index in [-0.39, 0.29) is 25.9 Å². The summed E-state index contributed by atoms with van der Waals surface area (Å²) in [5.74, 6) is -2.24. The average Bonchev–Trinajstić information content (AvgIpc) is 2.24. The van der Waals surface area contributed by atoms with Crippen molar-refractivity contribution in [1.29, 1.82) is 0 Å². The molecule has 0 aromatic heterocycles. The second kappa shape index (κ2) is 8.14. The van der Waals surface area contributed by atoms with Crippen molar-refractivity contribution in [2.24, 2.45) is 0 Å². The molecular formula is C10H15NO6. The second-order valence-electron chi connectivity index (χ2n) is 3.21. The molecule has 0 aliphatic rings. The van der Waals surface area contributed by atoms with Gasteiger partial charge in [0, 0.05) is 6.42 Å². The third-order valence-electron chi connectivity index (χ3n) is 1.81. The third kappa shape index (κ3) is 7.83. The molecule has 96 valence electrons. The molecule has 0 bridgehead atoms. The highest BCUT2D eigenvalue weighted by Gasteiger charge is 2.20. The first-order valence-electron chi connectivity index (χ1n) is 4.96. The number of hydrogen-bond acceptors (Lipinski definition) is 4. The van der Waals surface area contributed by atoms with Crippen LogP contribution in [0.2, 0.25) is 0 Å². The van der Waals surface area contributed by atoms with Gasteiger partial charge in [-0.2, -0.15) is 0 Å². The minimum atomic E-state index is -1.23. The zero-order valence-corrected chi connectivity index (χ0v) is 9.22. The summed E-state index contributed by atoms with van der Waals surface area (Å²) < 4.78 is 4.55. The molecule has 0 aliphatic heterocycles. The molecular weight excluding hydrogens is 230 g/mol. The molecule has 0 radical (unpaired) electrons. The third-order valence-corrected chi connectivity index (χ3v) is 1.81. The van der Waals surface area contributed by atoms with Crippen molar-refractivity contribution in [1.82, 2.24) is 5.32 Å². The first kappa shape index (κ1) is 14.9. The van der Waals surface area contributed by atoms with E-state index < -0.39 is 24.1 Å². The van der Waals surface area contributed by atoms with Crippen LogP contribution in [0.4, 0.5) is 4.79 Å². The van der Waals surface area contributed by atoms with E-state index in [9.17, 15) is 14.4 Å². The SMILES string of the molecule is C=CCOC(=O)N[C@H](CCCC(=O)O)C(=O)O. The Bertz CT molecular complexity index is 301. The molecule has 0 aliphatic carbocycles. The fraction of sp³-hybridized carbons (Fsp3) is 0.500. The quantitative estimate of drug-likeness (QED) is 0.540. The summed E-state index contributed by atoms with van der Waals surface area (Å²) in [5.41, 5.74) is 0. The van der Waals surface area contributed by atoms with Gasteiger partial charge in [0.05, 0.1) is 0 Å². The molecule has 1 atom stereocenters. The Morgan fingerprint density at radius 3 is 2.47 bits per heavy atom. The van der Waals surface area contributed by atoms with Gasteiger partial charge in [0.15, 0.2) is 0 Å². The number of carbonyl (C=O) groups is 3. The summed E-state index contributed by atoms with van der Waals surface area (Å²) in [6, 6.07) is -1.15. The molecule has 7 nitrogen and oxygen atoms in total. The Kier molecular flexibility index (Phi) is 7.16. The highest BCUT2D eigenvalue weighted by molar-refractivity contribution is 5.79. The van der Waals surface area contributed by atoms with Crippen molar-refractivity contribution in [3.8, 4) is 0 Å². The zero-order valence-electron chi connectivity index (χ0n) is 9.22. The molecule has 0 fully saturated rings. The number of nitrogens with one attached hydrogen (secondary N) is 1. The van der Waals surface area contributed by atoms with E-state index in [4.69, 9.17) is 10.2 Å². The molecule has 0 spiro atoms. The summed E-state index contributed by atoms with van der Waals surface area (Å²) in [7, 11) is 0. The van der Waals surface area contributed by atoms with Crippen LogP contribution in [0.1, 0.15) is 19.3 Å². The number of hydrogen-bond donors (Lipinski definition) is 3. The Morgan fingerprint density at radius 2 is 2.00 bits per heavy atom. The standard InChI is InChI=1S/C10H15NO6/c1-2-6-17-10(16)11-7(9(14)15)4-3-5-8(12)13/h2,7H,1,3-6H2,(H,11,16)(H,12,13)(H,14,15)/t7-/m1/s1. The number of ether oxygens (including phenoxy) is 1. The topological polar surface area (TPSA) is 113 Å². The maximum Gasteiger partial charge on any atom is 0.408 e. The average molecular weight is 245 g/mol. The maximum atomic E-state index is 11.1. The molecule has 0 heterocycles. The second-order valence-corrected chi connectivity index (χ2v) is 3.21. The molecule has 7 heteroatoms. The van der Waals surface area contributed by atoms with Crippen LogP contribution in [0, 0.1) is 0 Å². The van der Waals surface area contributed by atoms with E-state index in [2.05, 4.69) is 16.6 Å². The number of carbonyl (C=O) groups excluding carboxylic acids is 1. The number of carboxylic acid groups (broad SMARTS) is 2. The molecule has 3 N–H and O–H groups in total. The Morgan fingerprint density at radius 1 is 1.35 bits per heavy atom. The fourth-order valence-electron chi connectivity index (χ4n) is 1.03. The van der Waals surface area contributed by atoms with Gasteiger partial charge in [0.2, 0.25) is 0 Å². The zero-order chi connectivity index (χ0) is 13.3. The van der Waals surface area contributed by atoms with E-state index in [1.165, 1.54) is 6.08 Å². The first-order chi connectivity index (χ1) is 7.97. The van der Waals surface area contributed by atoms with Gasteiger partial charge in [0.1, 0.15) is 12.6 Å². The summed E-state index contributed by atoms with van der Waals surface area (Å²) in [6.45, 7) is 3.31. The molecule has 0 aromatic carbocycles. The summed E-state index contributed by atoms with van der Waals surface area (Å²) in [4.78, 5) is 32.0. The Balaban J connectivity index is 4.05. The lowest BCUT2D eigenvalue weighted by atomic mass is 10.1. The van der Waals surface area contributed by atoms with E-state index in [1.807, 2.05) is 0 Å². The van der Waals surface area contributed by atoms with Gasteiger partial charge >= 0.3 is 18.0 Å². The van der Waals surface area contributed by atoms with Crippen LogP contribution >= 0.6 is 0 Å². The van der Waals surface area contributed by atoms with E-state index >= 15 is 0 Å². The Hall–Kier alpha value is -2.05. The lowest BCUT2D eigenvalue weighted by Gasteiger charge is -2.13. The van der Waals surface area contributed by atoms with Crippen LogP contribution in [0.5, 0.6) is 0 Å². The van der Waals surface area contributed by atoms with Crippen molar-refractivity contribution < 1.29 is 29.3 Å². The van der Waals surface area contributed by atoms with E-state index in [0.29, 0.717) is 0 Å². The van der Waals surface area contributed by atoms with Crippen LogP contribution in [0.3, 0.4) is 0 Å². The minimum Gasteiger partial charge on any atom is -0.481 e. The molecule has 0 saturated carbocycles. The van der Waals surface area contributed by atoms with Crippen LogP contribution < -0.4 is 5.32 Å². The number of amides is 1. The van der Waals surface area contributed by atoms with Crippen LogP contribution in [-0.2, 0) is 14.3 Å². The highest BCUT2D eigenvalue weighted by Crippen LogP contribution is 2.02. The van der Waals surface area contributed by atoms with Crippen LogP contribution in [-0.4, -0.2) is 40.9 Å². The number of carboxylic acids is 2. The molecule has 1 amide bonds. The van der Waals surface area contributed by atoms with Gasteiger partial charge in [0.25, 0.3) is 0 Å². The molecule has 17 heavy (non-hydrogen) atoms. The predicted octanol–water partition coefficient (Wildman–Crippen LogP) is 0.607. The van der Waals surface area contributed by atoms with Gasteiger partial charge in [-0.1, -0.05) is 12.7 Å². The van der Waals surface area contributed by atoms with Crippen LogP contribution in [0.25, 0.3) is 0 Å². The molecule has 0 saturated heterocycles. The minimum absolute atomic E-state index is 0.0205. The molecule has 0 aromatic rings. The van der Waals surface area contributed by atoms with Gasteiger partial charge in [-0.15, -0.1) is 0 Å². The number of rotatable bonds is 8. The summed E-state index contributed by atoms with van der Waals surface area (Å²) in [5, 5.41) is 19.3. The number of aliphatic carboxylic acids is 2. The van der Waals surface area contributed by atoms with Gasteiger partial charge in [-0.25, -0.2) is 9.59 Å². The normalized spacial score (nSPS) is 11.3. The summed E-state index contributed by atoms with van der Waals surface area (Å²) >= 11 is 0. The lowest BCUT2D eigenvalue weighted by molar-refractivity contribution is -0.141. The van der Waals surface area contributed by atoms with E-state index in [1.54, 1.807) is 0 Å². The van der Waals surface area contributed by atoms with Crippen molar-refractivity contribution >= 4 is 18.0 Å². The van der Waals surface area contributed by atoms with Crippen LogP contribution in [0.15, 0.2) is 12.7 Å². The molecule has 0 unspecified atom stereocenters. The smallest absolute Gasteiger partial charge is 0.408 e. The van der Waals surface area contributed by atoms with Crippen molar-refractivity contribution in [3.63, 3.8) is 0 Å². The first-order valence-corrected chi connectivity index (χ1v) is 4.96. The van der Waals surface area contributed by atoms with Gasteiger partial charge in [-0.05, 0) is 12.8 Å². The van der Waals surface area contributed by atoms with Crippen molar-refractivity contribution in [3.05, 3.63) is 12.7 Å². The largest absolute Gasteiger partial charge is 0.481 e. The summed E-state index contributed by atoms with van der Waals surface area (Å²) in [6.07, 6.45) is 0.527. The van der Waals surface area contributed by atoms with Gasteiger partial charge < -0.3 is 20.3 Å². The van der Waals surface area contributed by atoms with Gasteiger partial charge in [-0.3, -0.25) is 4.79 Å². The Labute approximate surface area is 98.1 Å². The fourth-order valence-corrected chi connectivity index (χ4v) is 1.03. The highest BCUT2D eigenvalue weighted by atomic mass is 16.5. The predicted molar refractivity (Wildman–Crippen MR) is 57.6 cm³/mol. The lowest BCUT2D eigenvalue weighted by Crippen LogP contribution is -2.41. The molecule has 0 rings (SSSR count). The monoisotopic (exact) mass is 245 g/mol.